The molecule has 2 N–H and O–H groups in total. The van der Waals surface area contributed by atoms with Gasteiger partial charge in [0, 0.05) is 5.92 Å². The Balaban J connectivity index is 1.58. The van der Waals surface area contributed by atoms with Crippen LogP contribution in [0, 0.1) is 11.8 Å². The van der Waals surface area contributed by atoms with Crippen molar-refractivity contribution in [1.82, 2.24) is 10.3 Å². The van der Waals surface area contributed by atoms with Gasteiger partial charge in [0.15, 0.2) is 5.13 Å². The van der Waals surface area contributed by atoms with E-state index in [9.17, 15) is 9.59 Å². The normalized spacial score (nSPS) is 19.7. The minimum Gasteiger partial charge on any atom is -0.497 e. The Morgan fingerprint density at radius 2 is 2.23 bits per heavy atom. The van der Waals surface area contributed by atoms with Crippen molar-refractivity contribution in [3.63, 3.8) is 0 Å². The lowest BCUT2D eigenvalue weighted by molar-refractivity contribution is -0.125. The minimum atomic E-state index is -0.271. The molecule has 2 aromatic rings. The maximum absolute atomic E-state index is 11.9. The molecular formula is C15H17N3O3S. The number of carbonyl (C=O) groups is 2. The van der Waals surface area contributed by atoms with Gasteiger partial charge in [0.25, 0.3) is 0 Å². The second-order valence-electron chi connectivity index (χ2n) is 5.44. The summed E-state index contributed by atoms with van der Waals surface area (Å²) in [5, 5.41) is 5.88. The molecule has 22 heavy (non-hydrogen) atoms. The van der Waals surface area contributed by atoms with Crippen LogP contribution >= 0.6 is 11.3 Å². The summed E-state index contributed by atoms with van der Waals surface area (Å²) in [7, 11) is 1.61. The number of fused-ring (bicyclic) bond motifs is 1. The fourth-order valence-electron chi connectivity index (χ4n) is 2.23. The number of benzene rings is 1. The van der Waals surface area contributed by atoms with Crippen molar-refractivity contribution in [2.75, 3.05) is 19.0 Å². The second kappa shape index (κ2) is 5.92. The third-order valence-electron chi connectivity index (χ3n) is 3.71. The molecule has 2 atom stereocenters. The zero-order chi connectivity index (χ0) is 15.7. The average Bonchev–Trinajstić information content (AvgIpc) is 3.09. The highest BCUT2D eigenvalue weighted by Crippen LogP contribution is 2.37. The van der Waals surface area contributed by atoms with Crippen LogP contribution in [-0.2, 0) is 9.59 Å². The number of thiazole rings is 1. The summed E-state index contributed by atoms with van der Waals surface area (Å²) in [5.41, 5.74) is 0.803. The predicted octanol–water partition coefficient (Wildman–Crippen LogP) is 2.02. The van der Waals surface area contributed by atoms with Crippen LogP contribution < -0.4 is 15.4 Å². The molecule has 7 heteroatoms. The fraction of sp³-hybridized carbons (Fsp3) is 0.400. The van der Waals surface area contributed by atoms with E-state index >= 15 is 0 Å². The van der Waals surface area contributed by atoms with Crippen molar-refractivity contribution in [3.8, 4) is 5.75 Å². The average molecular weight is 319 g/mol. The minimum absolute atomic E-state index is 0.0265. The summed E-state index contributed by atoms with van der Waals surface area (Å²) in [6, 6.07) is 5.54. The zero-order valence-corrected chi connectivity index (χ0v) is 13.2. The second-order valence-corrected chi connectivity index (χ2v) is 6.47. The van der Waals surface area contributed by atoms with E-state index in [0.29, 0.717) is 11.0 Å². The molecule has 0 spiro atoms. The number of carbonyl (C=O) groups excluding carboxylic acids is 2. The van der Waals surface area contributed by atoms with Crippen molar-refractivity contribution >= 4 is 38.5 Å². The number of aromatic nitrogens is 1. The van der Waals surface area contributed by atoms with Gasteiger partial charge in [0.1, 0.15) is 5.75 Å². The summed E-state index contributed by atoms with van der Waals surface area (Å²) in [6.45, 7) is 2.00. The van der Waals surface area contributed by atoms with Crippen LogP contribution in [0.1, 0.15) is 13.3 Å². The number of nitrogens with zero attached hydrogens (tertiary/aromatic N) is 1. The first-order valence-electron chi connectivity index (χ1n) is 7.09. The van der Waals surface area contributed by atoms with Crippen molar-refractivity contribution in [2.45, 2.75) is 13.3 Å². The molecule has 1 aliphatic carbocycles. The molecule has 0 unspecified atom stereocenters. The van der Waals surface area contributed by atoms with E-state index in [0.717, 1.165) is 22.4 Å². The largest absolute Gasteiger partial charge is 0.497 e. The van der Waals surface area contributed by atoms with Crippen molar-refractivity contribution in [2.24, 2.45) is 11.8 Å². The molecule has 1 saturated carbocycles. The molecule has 0 radical (unpaired) electrons. The van der Waals surface area contributed by atoms with Gasteiger partial charge in [-0.15, -0.1) is 0 Å². The van der Waals surface area contributed by atoms with E-state index in [1.165, 1.54) is 11.3 Å². The summed E-state index contributed by atoms with van der Waals surface area (Å²) in [5.74, 6) is 0.939. The molecule has 1 aromatic heterocycles. The highest BCUT2D eigenvalue weighted by atomic mass is 32.1. The Bertz CT molecular complexity index is 728. The molecule has 0 bridgehead atoms. The van der Waals surface area contributed by atoms with Crippen LogP contribution in [0.4, 0.5) is 5.13 Å². The van der Waals surface area contributed by atoms with Crippen LogP contribution in [0.3, 0.4) is 0 Å². The summed E-state index contributed by atoms with van der Waals surface area (Å²) < 4.78 is 6.09. The Kier molecular flexibility index (Phi) is 3.98. The van der Waals surface area contributed by atoms with E-state index in [2.05, 4.69) is 15.6 Å². The van der Waals surface area contributed by atoms with E-state index in [1.54, 1.807) is 7.11 Å². The lowest BCUT2D eigenvalue weighted by atomic mass is 10.3. The molecule has 1 fully saturated rings. The monoisotopic (exact) mass is 319 g/mol. The van der Waals surface area contributed by atoms with Crippen LogP contribution in [0.2, 0.25) is 0 Å². The molecule has 6 nitrogen and oxygen atoms in total. The van der Waals surface area contributed by atoms with Crippen LogP contribution in [0.25, 0.3) is 10.2 Å². The predicted molar refractivity (Wildman–Crippen MR) is 85.1 cm³/mol. The highest BCUT2D eigenvalue weighted by molar-refractivity contribution is 7.22. The number of ether oxygens (including phenoxy) is 1. The van der Waals surface area contributed by atoms with Crippen molar-refractivity contribution in [3.05, 3.63) is 18.2 Å². The number of hydrogen-bond donors (Lipinski definition) is 2. The Labute approximate surface area is 131 Å². The molecule has 116 valence electrons. The summed E-state index contributed by atoms with van der Waals surface area (Å²) >= 11 is 1.37. The number of anilines is 1. The van der Waals surface area contributed by atoms with Gasteiger partial charge >= 0.3 is 0 Å². The van der Waals surface area contributed by atoms with Gasteiger partial charge < -0.3 is 15.4 Å². The Hall–Kier alpha value is -2.15. The summed E-state index contributed by atoms with van der Waals surface area (Å²) in [6.07, 6.45) is 0.910. The number of rotatable bonds is 5. The fourth-order valence-corrected chi connectivity index (χ4v) is 3.15. The first-order chi connectivity index (χ1) is 10.6. The summed E-state index contributed by atoms with van der Waals surface area (Å²) in [4.78, 5) is 27.9. The third-order valence-corrected chi connectivity index (χ3v) is 4.64. The quantitative estimate of drug-likeness (QED) is 0.883. The Morgan fingerprint density at radius 3 is 2.91 bits per heavy atom. The van der Waals surface area contributed by atoms with E-state index in [1.807, 2.05) is 25.1 Å². The molecule has 0 saturated heterocycles. The number of amides is 2. The van der Waals surface area contributed by atoms with Gasteiger partial charge in [-0.05, 0) is 30.5 Å². The van der Waals surface area contributed by atoms with Crippen molar-refractivity contribution in [1.29, 1.82) is 0 Å². The Morgan fingerprint density at radius 1 is 1.45 bits per heavy atom. The molecule has 3 rings (SSSR count). The van der Waals surface area contributed by atoms with Crippen molar-refractivity contribution < 1.29 is 14.3 Å². The highest BCUT2D eigenvalue weighted by Gasteiger charge is 2.38. The van der Waals surface area contributed by atoms with E-state index in [4.69, 9.17) is 4.74 Å². The van der Waals surface area contributed by atoms with Gasteiger partial charge in [-0.2, -0.15) is 0 Å². The molecular weight excluding hydrogens is 302 g/mol. The van der Waals surface area contributed by atoms with Gasteiger partial charge in [0.2, 0.25) is 11.8 Å². The van der Waals surface area contributed by atoms with Gasteiger partial charge in [0.05, 0.1) is 23.9 Å². The van der Waals surface area contributed by atoms with Crippen LogP contribution in [-0.4, -0.2) is 30.5 Å². The van der Waals surface area contributed by atoms with Gasteiger partial charge in [-0.3, -0.25) is 9.59 Å². The lowest BCUT2D eigenvalue weighted by Crippen LogP contribution is -2.34. The standard InChI is InChI=1S/C15H17N3O3S/c1-8-5-10(8)14(20)16-7-13(19)18-15-17-11-4-3-9(21-2)6-12(11)22-15/h3-4,6,8,10H,5,7H2,1-2H3,(H,16,20)(H,17,18,19)/t8-,10+/m1/s1. The number of methoxy groups -OCH3 is 1. The molecule has 0 aliphatic heterocycles. The van der Waals surface area contributed by atoms with Gasteiger partial charge in [-0.1, -0.05) is 18.3 Å². The molecule has 1 aromatic carbocycles. The zero-order valence-electron chi connectivity index (χ0n) is 12.4. The smallest absolute Gasteiger partial charge is 0.245 e. The van der Waals surface area contributed by atoms with E-state index in [-0.39, 0.29) is 24.3 Å². The number of nitrogens with one attached hydrogen (secondary N) is 2. The van der Waals surface area contributed by atoms with E-state index < -0.39 is 0 Å². The first-order valence-corrected chi connectivity index (χ1v) is 7.90. The molecule has 1 aliphatic rings. The molecule has 1 heterocycles. The molecule has 2 amide bonds. The number of hydrogen-bond acceptors (Lipinski definition) is 5. The maximum atomic E-state index is 11.9. The SMILES string of the molecule is COc1ccc2nc(NC(=O)CNC(=O)[C@H]3C[C@H]3C)sc2c1. The lowest BCUT2D eigenvalue weighted by Gasteiger charge is -2.03. The van der Waals surface area contributed by atoms with Crippen LogP contribution in [0.5, 0.6) is 5.75 Å². The van der Waals surface area contributed by atoms with Crippen LogP contribution in [0.15, 0.2) is 18.2 Å². The van der Waals surface area contributed by atoms with Gasteiger partial charge in [-0.25, -0.2) is 4.98 Å². The first kappa shape index (κ1) is 14.8. The maximum Gasteiger partial charge on any atom is 0.245 e. The third kappa shape index (κ3) is 3.19. The topological polar surface area (TPSA) is 80.3 Å².